The van der Waals surface area contributed by atoms with Crippen LogP contribution in [0.2, 0.25) is 0 Å². The molecule has 0 bridgehead atoms. The molecule has 70 valence electrons. The third-order valence-corrected chi connectivity index (χ3v) is 2.25. The van der Waals surface area contributed by atoms with Crippen molar-refractivity contribution >= 4 is 31.9 Å². The maximum absolute atomic E-state index is 3.35. The van der Waals surface area contributed by atoms with Crippen molar-refractivity contribution in [2.75, 3.05) is 10.7 Å². The van der Waals surface area contributed by atoms with Gasteiger partial charge in [-0.15, -0.1) is 0 Å². The van der Waals surface area contributed by atoms with Crippen molar-refractivity contribution in [3.8, 4) is 0 Å². The van der Waals surface area contributed by atoms with Gasteiger partial charge in [-0.25, -0.2) is 0 Å². The van der Waals surface area contributed by atoms with Gasteiger partial charge in [0, 0.05) is 10.7 Å². The van der Waals surface area contributed by atoms with Gasteiger partial charge in [-0.1, -0.05) is 56.2 Å². The Kier molecular flexibility index (Phi) is 11.9. The van der Waals surface area contributed by atoms with Crippen LogP contribution in [0.3, 0.4) is 0 Å². The lowest BCUT2D eigenvalue weighted by Gasteiger charge is -1.91. The fourth-order valence-electron chi connectivity index (χ4n) is 0.886. The van der Waals surface area contributed by atoms with Crippen molar-refractivity contribution in [1.29, 1.82) is 0 Å². The van der Waals surface area contributed by atoms with Crippen molar-refractivity contribution < 1.29 is 0 Å². The highest BCUT2D eigenvalue weighted by molar-refractivity contribution is 9.09. The second-order valence-corrected chi connectivity index (χ2v) is 3.83. The molecule has 0 heterocycles. The highest BCUT2D eigenvalue weighted by Crippen LogP contribution is 2.02. The summed E-state index contributed by atoms with van der Waals surface area (Å²) < 4.78 is 0. The van der Waals surface area contributed by atoms with Gasteiger partial charge in [0.15, 0.2) is 0 Å². The molecule has 2 heteroatoms. The standard InChI is InChI=1S/C10H16Br2/c11-9-7-5-3-1-2-4-6-8-10-12/h5-8H,1-4,9-10H2. The fourth-order valence-corrected chi connectivity index (χ4v) is 1.41. The van der Waals surface area contributed by atoms with Crippen LogP contribution in [0, 0.1) is 0 Å². The predicted octanol–water partition coefficient (Wildman–Crippen LogP) is 4.45. The van der Waals surface area contributed by atoms with Crippen LogP contribution in [0.5, 0.6) is 0 Å². The van der Waals surface area contributed by atoms with E-state index in [1.807, 2.05) is 0 Å². The molecule has 0 aromatic rings. The molecule has 0 aromatic carbocycles. The topological polar surface area (TPSA) is 0 Å². The molecule has 0 N–H and O–H groups in total. The van der Waals surface area contributed by atoms with Crippen LogP contribution >= 0.6 is 31.9 Å². The summed E-state index contributed by atoms with van der Waals surface area (Å²) >= 11 is 6.70. The van der Waals surface area contributed by atoms with Crippen molar-refractivity contribution in [3.63, 3.8) is 0 Å². The van der Waals surface area contributed by atoms with Crippen molar-refractivity contribution in [3.05, 3.63) is 24.3 Å². The molecule has 0 fully saturated rings. The lowest BCUT2D eigenvalue weighted by atomic mass is 10.2. The van der Waals surface area contributed by atoms with Gasteiger partial charge in [0.2, 0.25) is 0 Å². The van der Waals surface area contributed by atoms with E-state index in [4.69, 9.17) is 0 Å². The largest absolute Gasteiger partial charge is 0.0883 e. The quantitative estimate of drug-likeness (QED) is 0.370. The Morgan fingerprint density at radius 3 is 1.42 bits per heavy atom. The lowest BCUT2D eigenvalue weighted by Crippen LogP contribution is -1.73. The molecule has 0 saturated carbocycles. The predicted molar refractivity (Wildman–Crippen MR) is 64.3 cm³/mol. The van der Waals surface area contributed by atoms with Gasteiger partial charge in [-0.05, 0) is 25.7 Å². The number of hydrogen-bond donors (Lipinski definition) is 0. The molecule has 12 heavy (non-hydrogen) atoms. The van der Waals surface area contributed by atoms with E-state index in [1.54, 1.807) is 0 Å². The van der Waals surface area contributed by atoms with E-state index >= 15 is 0 Å². The minimum Gasteiger partial charge on any atom is -0.0883 e. The smallest absolute Gasteiger partial charge is 0.0212 e. The Hall–Kier alpha value is 0.440. The molecule has 0 radical (unpaired) electrons. The SMILES string of the molecule is BrCC=CCCCCC=CCBr. The summed E-state index contributed by atoms with van der Waals surface area (Å²) in [4.78, 5) is 0. The van der Waals surface area contributed by atoms with Crippen LogP contribution in [-0.4, -0.2) is 10.7 Å². The number of alkyl halides is 2. The Bertz CT molecular complexity index is 112. The van der Waals surface area contributed by atoms with E-state index in [0.29, 0.717) is 0 Å². The minimum atomic E-state index is 0.983. The molecule has 0 rings (SSSR count). The first kappa shape index (κ1) is 12.4. The van der Waals surface area contributed by atoms with E-state index in [-0.39, 0.29) is 0 Å². The number of unbranched alkanes of at least 4 members (excludes halogenated alkanes) is 3. The van der Waals surface area contributed by atoms with Gasteiger partial charge >= 0.3 is 0 Å². The van der Waals surface area contributed by atoms with Crippen LogP contribution in [0.15, 0.2) is 24.3 Å². The monoisotopic (exact) mass is 294 g/mol. The summed E-state index contributed by atoms with van der Waals surface area (Å²) in [6, 6.07) is 0. The van der Waals surface area contributed by atoms with E-state index in [0.717, 1.165) is 10.7 Å². The second kappa shape index (κ2) is 11.4. The molecular weight excluding hydrogens is 280 g/mol. The highest BCUT2D eigenvalue weighted by Gasteiger charge is 1.82. The van der Waals surface area contributed by atoms with Crippen molar-refractivity contribution in [2.24, 2.45) is 0 Å². The summed E-state index contributed by atoms with van der Waals surface area (Å²) in [6.45, 7) is 0. The Morgan fingerprint density at radius 1 is 0.667 bits per heavy atom. The van der Waals surface area contributed by atoms with Gasteiger partial charge < -0.3 is 0 Å². The first-order valence-corrected chi connectivity index (χ1v) is 6.58. The lowest BCUT2D eigenvalue weighted by molar-refractivity contribution is 0.761. The molecule has 0 spiro atoms. The molecule has 0 aliphatic heterocycles. The summed E-state index contributed by atoms with van der Waals surface area (Å²) in [6.07, 6.45) is 13.8. The van der Waals surface area contributed by atoms with Gasteiger partial charge in [0.1, 0.15) is 0 Å². The first-order valence-electron chi connectivity index (χ1n) is 4.33. The van der Waals surface area contributed by atoms with Crippen LogP contribution in [0.25, 0.3) is 0 Å². The summed E-state index contributed by atoms with van der Waals surface area (Å²) in [5.74, 6) is 0. The van der Waals surface area contributed by atoms with Gasteiger partial charge in [-0.3, -0.25) is 0 Å². The van der Waals surface area contributed by atoms with Crippen molar-refractivity contribution in [1.82, 2.24) is 0 Å². The van der Waals surface area contributed by atoms with E-state index in [2.05, 4.69) is 56.2 Å². The van der Waals surface area contributed by atoms with E-state index < -0.39 is 0 Å². The summed E-state index contributed by atoms with van der Waals surface area (Å²) in [5.41, 5.74) is 0. The maximum atomic E-state index is 3.35. The van der Waals surface area contributed by atoms with E-state index in [1.165, 1.54) is 25.7 Å². The first-order chi connectivity index (χ1) is 5.91. The summed E-state index contributed by atoms with van der Waals surface area (Å²) in [5, 5.41) is 1.97. The molecule has 0 amide bonds. The Labute approximate surface area is 92.4 Å². The van der Waals surface area contributed by atoms with Crippen LogP contribution < -0.4 is 0 Å². The number of rotatable bonds is 7. The van der Waals surface area contributed by atoms with Crippen molar-refractivity contribution in [2.45, 2.75) is 25.7 Å². The number of hydrogen-bond acceptors (Lipinski definition) is 0. The second-order valence-electron chi connectivity index (χ2n) is 2.54. The zero-order valence-electron chi connectivity index (χ0n) is 7.31. The fraction of sp³-hybridized carbons (Fsp3) is 0.600. The van der Waals surface area contributed by atoms with Crippen LogP contribution in [0.4, 0.5) is 0 Å². The molecule has 0 aliphatic carbocycles. The normalized spacial score (nSPS) is 11.8. The highest BCUT2D eigenvalue weighted by atomic mass is 79.9. The molecule has 0 unspecified atom stereocenters. The van der Waals surface area contributed by atoms with E-state index in [9.17, 15) is 0 Å². The molecule has 0 nitrogen and oxygen atoms in total. The zero-order valence-corrected chi connectivity index (χ0v) is 10.5. The zero-order chi connectivity index (χ0) is 9.07. The third kappa shape index (κ3) is 10.4. The van der Waals surface area contributed by atoms with Crippen LogP contribution in [-0.2, 0) is 0 Å². The number of allylic oxidation sites excluding steroid dienone is 4. The molecule has 0 saturated heterocycles. The maximum Gasteiger partial charge on any atom is 0.0212 e. The van der Waals surface area contributed by atoms with Crippen LogP contribution in [0.1, 0.15) is 25.7 Å². The third-order valence-electron chi connectivity index (χ3n) is 1.50. The minimum absolute atomic E-state index is 0.983. The van der Waals surface area contributed by atoms with Gasteiger partial charge in [0.05, 0.1) is 0 Å². The molecule has 0 aliphatic rings. The summed E-state index contributed by atoms with van der Waals surface area (Å²) in [7, 11) is 0. The molecular formula is C10H16Br2. The Balaban J connectivity index is 3.00. The Morgan fingerprint density at radius 2 is 1.08 bits per heavy atom. The van der Waals surface area contributed by atoms with Gasteiger partial charge in [0.25, 0.3) is 0 Å². The average molecular weight is 296 g/mol. The van der Waals surface area contributed by atoms with Gasteiger partial charge in [-0.2, -0.15) is 0 Å². The molecule has 0 atom stereocenters. The molecule has 0 aromatic heterocycles. The number of halogens is 2. The average Bonchev–Trinajstić information content (AvgIpc) is 2.10.